The summed E-state index contributed by atoms with van der Waals surface area (Å²) in [5.41, 5.74) is 12.7. The number of rotatable bonds is 3. The van der Waals surface area contributed by atoms with Gasteiger partial charge in [0, 0.05) is 17.8 Å². The lowest BCUT2D eigenvalue weighted by Crippen LogP contribution is -2.12. The van der Waals surface area contributed by atoms with Gasteiger partial charge in [0.15, 0.2) is 5.82 Å². The van der Waals surface area contributed by atoms with E-state index in [-0.39, 0.29) is 0 Å². The summed E-state index contributed by atoms with van der Waals surface area (Å²) in [7, 11) is 0. The van der Waals surface area contributed by atoms with Crippen LogP contribution in [0.1, 0.15) is 0 Å². The number of anilines is 1. The predicted molar refractivity (Wildman–Crippen MR) is 56.7 cm³/mol. The maximum atomic E-state index is 5.60. The first-order valence-corrected chi connectivity index (χ1v) is 4.63. The van der Waals surface area contributed by atoms with Crippen molar-refractivity contribution in [2.24, 2.45) is 5.73 Å². The van der Waals surface area contributed by atoms with Gasteiger partial charge < -0.3 is 11.5 Å². The van der Waals surface area contributed by atoms with Crippen LogP contribution in [-0.2, 0) is 6.54 Å². The normalized spacial score (nSPS) is 10.5. The Kier molecular flexibility index (Phi) is 2.59. The Bertz CT molecular complexity index is 432. The van der Waals surface area contributed by atoms with Gasteiger partial charge in [0.05, 0.1) is 6.54 Å². The second kappa shape index (κ2) is 4.05. The molecule has 0 aliphatic rings. The standard InChI is InChI=1S/C9H12N6/c10-5-6-15-9(12-13-14-15)7-1-3-8(11)4-2-7/h1-4H,5-6,10-11H2. The van der Waals surface area contributed by atoms with Gasteiger partial charge in [-0.2, -0.15) is 0 Å². The van der Waals surface area contributed by atoms with Crippen LogP contribution in [0.5, 0.6) is 0 Å². The van der Waals surface area contributed by atoms with Gasteiger partial charge in [-0.25, -0.2) is 4.68 Å². The van der Waals surface area contributed by atoms with Crippen molar-refractivity contribution in [2.75, 3.05) is 12.3 Å². The zero-order chi connectivity index (χ0) is 10.7. The van der Waals surface area contributed by atoms with Crippen LogP contribution in [-0.4, -0.2) is 26.8 Å². The van der Waals surface area contributed by atoms with Crippen LogP contribution < -0.4 is 11.5 Å². The molecule has 6 heteroatoms. The molecule has 4 N–H and O–H groups in total. The molecule has 1 aromatic carbocycles. The average Bonchev–Trinajstić information content (AvgIpc) is 2.68. The molecule has 0 saturated carbocycles. The summed E-state index contributed by atoms with van der Waals surface area (Å²) >= 11 is 0. The van der Waals surface area contributed by atoms with E-state index >= 15 is 0 Å². The van der Waals surface area contributed by atoms with E-state index in [1.807, 2.05) is 24.3 Å². The minimum atomic E-state index is 0.507. The summed E-state index contributed by atoms with van der Waals surface area (Å²) in [5, 5.41) is 11.4. The van der Waals surface area contributed by atoms with E-state index < -0.39 is 0 Å². The van der Waals surface area contributed by atoms with Gasteiger partial charge in [0.1, 0.15) is 0 Å². The van der Waals surface area contributed by atoms with Crippen LogP contribution >= 0.6 is 0 Å². The van der Waals surface area contributed by atoms with Gasteiger partial charge in [-0.05, 0) is 34.7 Å². The second-order valence-electron chi connectivity index (χ2n) is 3.14. The third kappa shape index (κ3) is 1.94. The van der Waals surface area contributed by atoms with Crippen LogP contribution in [0, 0.1) is 0 Å². The third-order valence-electron chi connectivity index (χ3n) is 2.04. The molecule has 1 aromatic heterocycles. The molecule has 0 saturated heterocycles. The quantitative estimate of drug-likeness (QED) is 0.679. The van der Waals surface area contributed by atoms with Crippen LogP contribution in [0.3, 0.4) is 0 Å². The van der Waals surface area contributed by atoms with E-state index in [1.165, 1.54) is 0 Å². The van der Waals surface area contributed by atoms with E-state index in [0.29, 0.717) is 18.9 Å². The first kappa shape index (κ1) is 9.60. The minimum absolute atomic E-state index is 0.507. The largest absolute Gasteiger partial charge is 0.399 e. The van der Waals surface area contributed by atoms with E-state index in [2.05, 4.69) is 15.5 Å². The lowest BCUT2D eigenvalue weighted by atomic mass is 10.2. The molecular formula is C9H12N6. The van der Waals surface area contributed by atoms with Gasteiger partial charge in [-0.3, -0.25) is 0 Å². The van der Waals surface area contributed by atoms with Crippen LogP contribution in [0.2, 0.25) is 0 Å². The zero-order valence-electron chi connectivity index (χ0n) is 8.17. The molecule has 0 atom stereocenters. The van der Waals surface area contributed by atoms with Crippen molar-refractivity contribution in [3.05, 3.63) is 24.3 Å². The first-order valence-electron chi connectivity index (χ1n) is 4.63. The number of hydrogen-bond acceptors (Lipinski definition) is 5. The van der Waals surface area contributed by atoms with Crippen molar-refractivity contribution >= 4 is 5.69 Å². The van der Waals surface area contributed by atoms with Gasteiger partial charge in [-0.1, -0.05) is 0 Å². The lowest BCUT2D eigenvalue weighted by molar-refractivity contribution is 0.603. The number of tetrazole rings is 1. The highest BCUT2D eigenvalue weighted by Gasteiger charge is 2.07. The Balaban J connectivity index is 2.36. The number of nitrogen functional groups attached to an aromatic ring is 1. The topological polar surface area (TPSA) is 95.6 Å². The molecule has 0 unspecified atom stereocenters. The Morgan fingerprint density at radius 3 is 2.60 bits per heavy atom. The molecule has 0 amide bonds. The maximum absolute atomic E-state index is 5.60. The van der Waals surface area contributed by atoms with Crippen molar-refractivity contribution in [3.8, 4) is 11.4 Å². The van der Waals surface area contributed by atoms with Gasteiger partial charge in [-0.15, -0.1) is 5.10 Å². The SMILES string of the molecule is NCCn1nnnc1-c1ccc(N)cc1. The Labute approximate surface area is 86.9 Å². The fraction of sp³-hybridized carbons (Fsp3) is 0.222. The van der Waals surface area contributed by atoms with Crippen molar-refractivity contribution < 1.29 is 0 Å². The molecule has 0 bridgehead atoms. The monoisotopic (exact) mass is 204 g/mol. The molecule has 6 nitrogen and oxygen atoms in total. The van der Waals surface area contributed by atoms with E-state index in [0.717, 1.165) is 11.3 Å². The Morgan fingerprint density at radius 1 is 1.20 bits per heavy atom. The fourth-order valence-corrected chi connectivity index (χ4v) is 1.32. The molecule has 0 fully saturated rings. The molecule has 1 heterocycles. The Hall–Kier alpha value is -1.95. The predicted octanol–water partition coefficient (Wildman–Crippen LogP) is -0.119. The summed E-state index contributed by atoms with van der Waals surface area (Å²) < 4.78 is 1.67. The van der Waals surface area contributed by atoms with E-state index in [1.54, 1.807) is 4.68 Å². The highest BCUT2D eigenvalue weighted by atomic mass is 15.5. The molecule has 2 aromatic rings. The van der Waals surface area contributed by atoms with E-state index in [9.17, 15) is 0 Å². The smallest absolute Gasteiger partial charge is 0.182 e. The van der Waals surface area contributed by atoms with Crippen molar-refractivity contribution in [3.63, 3.8) is 0 Å². The average molecular weight is 204 g/mol. The van der Waals surface area contributed by atoms with Gasteiger partial charge >= 0.3 is 0 Å². The summed E-state index contributed by atoms with van der Waals surface area (Å²) in [6.07, 6.45) is 0. The third-order valence-corrected chi connectivity index (χ3v) is 2.04. The second-order valence-corrected chi connectivity index (χ2v) is 3.14. The molecule has 0 aliphatic heterocycles. The maximum Gasteiger partial charge on any atom is 0.182 e. The Morgan fingerprint density at radius 2 is 1.93 bits per heavy atom. The van der Waals surface area contributed by atoms with Gasteiger partial charge in [0.25, 0.3) is 0 Å². The number of hydrogen-bond donors (Lipinski definition) is 2. The van der Waals surface area contributed by atoms with Crippen molar-refractivity contribution in [1.82, 2.24) is 20.2 Å². The van der Waals surface area contributed by atoms with Gasteiger partial charge in [0.2, 0.25) is 0 Å². The highest BCUT2D eigenvalue weighted by Crippen LogP contribution is 2.16. The summed E-state index contributed by atoms with van der Waals surface area (Å²) in [4.78, 5) is 0. The molecule has 78 valence electrons. The minimum Gasteiger partial charge on any atom is -0.399 e. The number of aromatic nitrogens is 4. The fourth-order valence-electron chi connectivity index (χ4n) is 1.32. The molecule has 2 rings (SSSR count). The van der Waals surface area contributed by atoms with E-state index in [4.69, 9.17) is 11.5 Å². The summed E-state index contributed by atoms with van der Waals surface area (Å²) in [6.45, 7) is 1.11. The zero-order valence-corrected chi connectivity index (χ0v) is 8.17. The number of benzene rings is 1. The lowest BCUT2D eigenvalue weighted by Gasteiger charge is -2.02. The molecular weight excluding hydrogens is 192 g/mol. The summed E-state index contributed by atoms with van der Waals surface area (Å²) in [6, 6.07) is 7.40. The summed E-state index contributed by atoms with van der Waals surface area (Å²) in [5.74, 6) is 0.709. The molecule has 0 radical (unpaired) electrons. The number of nitrogens with zero attached hydrogens (tertiary/aromatic N) is 4. The first-order chi connectivity index (χ1) is 7.31. The van der Waals surface area contributed by atoms with Crippen LogP contribution in [0.15, 0.2) is 24.3 Å². The van der Waals surface area contributed by atoms with Crippen molar-refractivity contribution in [1.29, 1.82) is 0 Å². The molecule has 15 heavy (non-hydrogen) atoms. The van der Waals surface area contributed by atoms with Crippen LogP contribution in [0.4, 0.5) is 5.69 Å². The highest BCUT2D eigenvalue weighted by molar-refractivity contribution is 5.58. The van der Waals surface area contributed by atoms with Crippen LogP contribution in [0.25, 0.3) is 11.4 Å². The molecule has 0 aliphatic carbocycles. The number of nitrogens with two attached hydrogens (primary N) is 2. The molecule has 0 spiro atoms. The van der Waals surface area contributed by atoms with Crippen molar-refractivity contribution in [2.45, 2.75) is 6.54 Å².